The van der Waals surface area contributed by atoms with Gasteiger partial charge < -0.3 is 14.9 Å². The van der Waals surface area contributed by atoms with Gasteiger partial charge in [-0.2, -0.15) is 0 Å². The van der Waals surface area contributed by atoms with Gasteiger partial charge in [0, 0.05) is 0 Å². The number of rotatable bonds is 5. The lowest BCUT2D eigenvalue weighted by atomic mass is 10.1. The molecule has 0 aliphatic rings. The van der Waals surface area contributed by atoms with Gasteiger partial charge in [0.25, 0.3) is 0 Å². The standard InChI is InChI=1S/C16H25NO4/c1-5-16(20,12-18)17(14(19)21-15(2,3)4)11-13-9-7-6-8-10-13/h6-10,18,20H,5,11-12H2,1-4H3/t16-/m0/s1. The fourth-order valence-corrected chi connectivity index (χ4v) is 1.85. The monoisotopic (exact) mass is 295 g/mol. The Hall–Kier alpha value is -1.59. The van der Waals surface area contributed by atoms with Crippen molar-refractivity contribution in [2.75, 3.05) is 6.61 Å². The molecule has 0 aliphatic carbocycles. The SMILES string of the molecule is CC[C@](O)(CO)N(Cc1ccccc1)C(=O)OC(C)(C)C. The molecule has 5 heteroatoms. The Morgan fingerprint density at radius 1 is 1.24 bits per heavy atom. The minimum absolute atomic E-state index is 0.167. The predicted octanol–water partition coefficient (Wildman–Crippen LogP) is 2.51. The van der Waals surface area contributed by atoms with E-state index in [1.165, 1.54) is 4.90 Å². The van der Waals surface area contributed by atoms with Crippen LogP contribution in [0.5, 0.6) is 0 Å². The first-order valence-electron chi connectivity index (χ1n) is 7.09. The first-order valence-corrected chi connectivity index (χ1v) is 7.09. The molecule has 1 atom stereocenters. The van der Waals surface area contributed by atoms with Crippen molar-refractivity contribution in [3.05, 3.63) is 35.9 Å². The molecule has 1 aromatic carbocycles. The molecule has 118 valence electrons. The van der Waals surface area contributed by atoms with Crippen molar-refractivity contribution in [2.45, 2.75) is 52.0 Å². The third-order valence-corrected chi connectivity index (χ3v) is 3.12. The maximum absolute atomic E-state index is 12.4. The third kappa shape index (κ3) is 5.02. The van der Waals surface area contributed by atoms with Crippen molar-refractivity contribution < 1.29 is 19.7 Å². The van der Waals surface area contributed by atoms with Crippen molar-refractivity contribution in [2.24, 2.45) is 0 Å². The number of hydrogen-bond donors (Lipinski definition) is 2. The van der Waals surface area contributed by atoms with Crippen LogP contribution < -0.4 is 0 Å². The summed E-state index contributed by atoms with van der Waals surface area (Å²) in [6.45, 7) is 6.61. The third-order valence-electron chi connectivity index (χ3n) is 3.12. The highest BCUT2D eigenvalue weighted by Gasteiger charge is 2.38. The molecule has 2 N–H and O–H groups in total. The van der Waals surface area contributed by atoms with Gasteiger partial charge in [0.05, 0.1) is 13.2 Å². The van der Waals surface area contributed by atoms with Crippen LogP contribution in [0.3, 0.4) is 0 Å². The molecule has 0 radical (unpaired) electrons. The van der Waals surface area contributed by atoms with Gasteiger partial charge in [-0.05, 0) is 32.8 Å². The molecule has 0 spiro atoms. The zero-order valence-electron chi connectivity index (χ0n) is 13.2. The lowest BCUT2D eigenvalue weighted by molar-refractivity contribution is -0.139. The number of benzene rings is 1. The number of carbonyl (C=O) groups is 1. The lowest BCUT2D eigenvalue weighted by Gasteiger charge is -2.38. The van der Waals surface area contributed by atoms with E-state index in [1.807, 2.05) is 30.3 Å². The van der Waals surface area contributed by atoms with Crippen LogP contribution in [0.25, 0.3) is 0 Å². The molecule has 0 unspecified atom stereocenters. The molecule has 0 saturated carbocycles. The molecule has 0 saturated heterocycles. The van der Waals surface area contributed by atoms with Crippen LogP contribution in [0.15, 0.2) is 30.3 Å². The van der Waals surface area contributed by atoms with Crippen LogP contribution in [0.2, 0.25) is 0 Å². The number of nitrogens with zero attached hydrogens (tertiary/aromatic N) is 1. The molecule has 0 bridgehead atoms. The Bertz CT molecular complexity index is 449. The fraction of sp³-hybridized carbons (Fsp3) is 0.562. The number of aliphatic hydroxyl groups is 2. The highest BCUT2D eigenvalue weighted by Crippen LogP contribution is 2.22. The van der Waals surface area contributed by atoms with Gasteiger partial charge in [-0.25, -0.2) is 4.79 Å². The maximum atomic E-state index is 12.4. The van der Waals surface area contributed by atoms with Crippen LogP contribution >= 0.6 is 0 Å². The van der Waals surface area contributed by atoms with Gasteiger partial charge >= 0.3 is 6.09 Å². The van der Waals surface area contributed by atoms with E-state index < -0.39 is 24.0 Å². The minimum Gasteiger partial charge on any atom is -0.444 e. The van der Waals surface area contributed by atoms with E-state index in [4.69, 9.17) is 4.74 Å². The minimum atomic E-state index is -1.64. The summed E-state index contributed by atoms with van der Waals surface area (Å²) in [5.41, 5.74) is -1.46. The Labute approximate surface area is 126 Å². The summed E-state index contributed by atoms with van der Waals surface area (Å²) in [6.07, 6.45) is -0.444. The van der Waals surface area contributed by atoms with Gasteiger partial charge in [0.2, 0.25) is 0 Å². The van der Waals surface area contributed by atoms with E-state index in [0.717, 1.165) is 5.56 Å². The largest absolute Gasteiger partial charge is 0.444 e. The van der Waals surface area contributed by atoms with E-state index in [-0.39, 0.29) is 13.0 Å². The first kappa shape index (κ1) is 17.5. The molecular weight excluding hydrogens is 270 g/mol. The number of aliphatic hydroxyl groups excluding tert-OH is 1. The molecule has 21 heavy (non-hydrogen) atoms. The van der Waals surface area contributed by atoms with E-state index in [9.17, 15) is 15.0 Å². The Balaban J connectivity index is 3.03. The van der Waals surface area contributed by atoms with Crippen molar-refractivity contribution in [3.8, 4) is 0 Å². The van der Waals surface area contributed by atoms with Gasteiger partial charge in [-0.15, -0.1) is 0 Å². The zero-order valence-corrected chi connectivity index (χ0v) is 13.2. The second-order valence-corrected chi connectivity index (χ2v) is 6.05. The highest BCUT2D eigenvalue weighted by atomic mass is 16.6. The summed E-state index contributed by atoms with van der Waals surface area (Å²) in [6, 6.07) is 9.29. The Kier molecular flexibility index (Phi) is 5.75. The smallest absolute Gasteiger partial charge is 0.412 e. The molecule has 0 aliphatic heterocycles. The molecule has 1 rings (SSSR count). The number of hydrogen-bond acceptors (Lipinski definition) is 4. The second-order valence-electron chi connectivity index (χ2n) is 6.05. The van der Waals surface area contributed by atoms with E-state index >= 15 is 0 Å². The van der Waals surface area contributed by atoms with E-state index in [0.29, 0.717) is 0 Å². The van der Waals surface area contributed by atoms with Crippen LogP contribution in [-0.2, 0) is 11.3 Å². The van der Waals surface area contributed by atoms with Gasteiger partial charge in [-0.1, -0.05) is 37.3 Å². The fourth-order valence-electron chi connectivity index (χ4n) is 1.85. The topological polar surface area (TPSA) is 70.0 Å². The predicted molar refractivity (Wildman–Crippen MR) is 80.5 cm³/mol. The second kappa shape index (κ2) is 6.91. The Morgan fingerprint density at radius 2 is 1.81 bits per heavy atom. The number of carbonyl (C=O) groups excluding carboxylic acids is 1. The normalized spacial score (nSPS) is 14.4. The number of ether oxygens (including phenoxy) is 1. The van der Waals surface area contributed by atoms with Crippen LogP contribution in [0.4, 0.5) is 4.79 Å². The molecule has 1 aromatic rings. The van der Waals surface area contributed by atoms with Gasteiger partial charge in [0.15, 0.2) is 5.72 Å². The Morgan fingerprint density at radius 3 is 2.24 bits per heavy atom. The summed E-state index contributed by atoms with van der Waals surface area (Å²) < 4.78 is 5.34. The van der Waals surface area contributed by atoms with Crippen LogP contribution in [-0.4, -0.2) is 39.1 Å². The van der Waals surface area contributed by atoms with Crippen molar-refractivity contribution in [1.29, 1.82) is 0 Å². The summed E-state index contributed by atoms with van der Waals surface area (Å²) >= 11 is 0. The first-order chi connectivity index (χ1) is 9.72. The molecule has 5 nitrogen and oxygen atoms in total. The average molecular weight is 295 g/mol. The molecule has 1 amide bonds. The molecule has 0 aromatic heterocycles. The molecule has 0 heterocycles. The summed E-state index contributed by atoms with van der Waals surface area (Å²) in [7, 11) is 0. The summed E-state index contributed by atoms with van der Waals surface area (Å²) in [4.78, 5) is 13.5. The summed E-state index contributed by atoms with van der Waals surface area (Å²) in [5, 5.41) is 20.0. The lowest BCUT2D eigenvalue weighted by Crippen LogP contribution is -2.54. The van der Waals surface area contributed by atoms with Crippen LogP contribution in [0, 0.1) is 0 Å². The van der Waals surface area contributed by atoms with Crippen LogP contribution in [0.1, 0.15) is 39.7 Å². The quantitative estimate of drug-likeness (QED) is 0.819. The van der Waals surface area contributed by atoms with Crippen molar-refractivity contribution in [3.63, 3.8) is 0 Å². The number of amides is 1. The van der Waals surface area contributed by atoms with Crippen molar-refractivity contribution >= 4 is 6.09 Å². The van der Waals surface area contributed by atoms with Gasteiger partial charge in [-0.3, -0.25) is 4.90 Å². The highest BCUT2D eigenvalue weighted by molar-refractivity contribution is 5.69. The average Bonchev–Trinajstić information content (AvgIpc) is 2.43. The summed E-state index contributed by atoms with van der Waals surface area (Å²) in [5.74, 6) is 0. The van der Waals surface area contributed by atoms with Gasteiger partial charge in [0.1, 0.15) is 5.60 Å². The molecular formula is C16H25NO4. The van der Waals surface area contributed by atoms with E-state index in [2.05, 4.69) is 0 Å². The van der Waals surface area contributed by atoms with E-state index in [1.54, 1.807) is 27.7 Å². The zero-order chi connectivity index (χ0) is 16.1. The maximum Gasteiger partial charge on any atom is 0.412 e. The van der Waals surface area contributed by atoms with Crippen molar-refractivity contribution in [1.82, 2.24) is 4.90 Å². The molecule has 0 fully saturated rings.